The monoisotopic (exact) mass is 247 g/mol. The zero-order valence-electron chi connectivity index (χ0n) is 10.1. The Morgan fingerprint density at radius 1 is 1.44 bits per heavy atom. The molecule has 0 aliphatic carbocycles. The topological polar surface area (TPSA) is 99.6 Å². The van der Waals surface area contributed by atoms with Gasteiger partial charge in [-0.15, -0.1) is 0 Å². The predicted molar refractivity (Wildman–Crippen MR) is 70.5 cm³/mol. The number of nitrogens with zero attached hydrogens (tertiary/aromatic N) is 1. The van der Waals surface area contributed by atoms with E-state index in [0.29, 0.717) is 17.1 Å². The third kappa shape index (κ3) is 1.99. The highest BCUT2D eigenvalue weighted by molar-refractivity contribution is 5.78. The molecule has 0 spiro atoms. The molecule has 1 fully saturated rings. The third-order valence-electron chi connectivity index (χ3n) is 3.51. The summed E-state index contributed by atoms with van der Waals surface area (Å²) < 4.78 is 0. The maximum atomic E-state index is 11.7. The van der Waals surface area contributed by atoms with Gasteiger partial charge in [0.25, 0.3) is 5.56 Å². The second-order valence-corrected chi connectivity index (χ2v) is 4.84. The molecule has 0 radical (unpaired) electrons. The van der Waals surface area contributed by atoms with Crippen LogP contribution < -0.4 is 16.6 Å². The van der Waals surface area contributed by atoms with Crippen molar-refractivity contribution >= 4 is 17.0 Å². The summed E-state index contributed by atoms with van der Waals surface area (Å²) in [7, 11) is 0. The number of H-pyrrole nitrogens is 2. The summed E-state index contributed by atoms with van der Waals surface area (Å²) in [4.78, 5) is 21.4. The number of piperidine rings is 1. The van der Waals surface area contributed by atoms with E-state index in [4.69, 9.17) is 5.73 Å². The molecule has 1 aliphatic rings. The SMILES string of the molecule is Nc1nc2c(CC3CCCCN3)c[nH]c2c(=O)[nH]1. The Labute approximate surface area is 104 Å². The van der Waals surface area contributed by atoms with Crippen molar-refractivity contribution in [2.75, 3.05) is 12.3 Å². The normalized spacial score (nSPS) is 20.3. The molecule has 3 heterocycles. The van der Waals surface area contributed by atoms with Crippen LogP contribution in [-0.4, -0.2) is 27.5 Å². The molecule has 2 aromatic rings. The van der Waals surface area contributed by atoms with Gasteiger partial charge in [-0.25, -0.2) is 4.98 Å². The first kappa shape index (κ1) is 11.3. The minimum Gasteiger partial charge on any atom is -0.369 e. The maximum Gasteiger partial charge on any atom is 0.276 e. The van der Waals surface area contributed by atoms with E-state index in [-0.39, 0.29) is 11.5 Å². The van der Waals surface area contributed by atoms with Crippen molar-refractivity contribution < 1.29 is 0 Å². The van der Waals surface area contributed by atoms with Crippen LogP contribution in [-0.2, 0) is 6.42 Å². The Bertz CT molecular complexity index is 608. The highest BCUT2D eigenvalue weighted by atomic mass is 16.1. The van der Waals surface area contributed by atoms with Gasteiger partial charge in [0.1, 0.15) is 11.0 Å². The van der Waals surface area contributed by atoms with Crippen LogP contribution in [0.5, 0.6) is 0 Å². The fourth-order valence-corrected chi connectivity index (χ4v) is 2.60. The van der Waals surface area contributed by atoms with Crippen LogP contribution in [0.25, 0.3) is 11.0 Å². The van der Waals surface area contributed by atoms with Gasteiger partial charge in [0.15, 0.2) is 0 Å². The molecule has 96 valence electrons. The minimum absolute atomic E-state index is 0.171. The molecule has 1 atom stereocenters. The van der Waals surface area contributed by atoms with Crippen LogP contribution in [0.15, 0.2) is 11.0 Å². The highest BCUT2D eigenvalue weighted by Gasteiger charge is 2.16. The molecule has 0 saturated carbocycles. The largest absolute Gasteiger partial charge is 0.369 e. The number of hydrogen-bond acceptors (Lipinski definition) is 4. The van der Waals surface area contributed by atoms with E-state index in [1.807, 2.05) is 6.20 Å². The Morgan fingerprint density at radius 3 is 3.11 bits per heavy atom. The van der Waals surface area contributed by atoms with Gasteiger partial charge in [0.05, 0.1) is 0 Å². The van der Waals surface area contributed by atoms with E-state index in [0.717, 1.165) is 18.5 Å². The number of anilines is 1. The standard InChI is InChI=1S/C12H17N5O/c13-12-16-9-7(5-8-3-1-2-4-14-8)6-15-10(9)11(18)17-12/h6,8,14-15H,1-5H2,(H3,13,16,17,18). The minimum atomic E-state index is -0.208. The molecule has 0 amide bonds. The fraction of sp³-hybridized carbons (Fsp3) is 0.500. The highest BCUT2D eigenvalue weighted by Crippen LogP contribution is 2.18. The summed E-state index contributed by atoms with van der Waals surface area (Å²) in [5, 5.41) is 3.49. The maximum absolute atomic E-state index is 11.7. The van der Waals surface area contributed by atoms with Crippen LogP contribution in [0.1, 0.15) is 24.8 Å². The van der Waals surface area contributed by atoms with Crippen molar-refractivity contribution in [1.82, 2.24) is 20.3 Å². The Kier molecular flexibility index (Phi) is 2.79. The summed E-state index contributed by atoms with van der Waals surface area (Å²) in [5.74, 6) is 0.171. The van der Waals surface area contributed by atoms with Gasteiger partial charge in [0.2, 0.25) is 5.95 Å². The van der Waals surface area contributed by atoms with Gasteiger partial charge >= 0.3 is 0 Å². The van der Waals surface area contributed by atoms with Gasteiger partial charge in [0, 0.05) is 12.2 Å². The molecule has 6 heteroatoms. The fourth-order valence-electron chi connectivity index (χ4n) is 2.60. The van der Waals surface area contributed by atoms with Crippen molar-refractivity contribution in [2.45, 2.75) is 31.7 Å². The van der Waals surface area contributed by atoms with Gasteiger partial charge < -0.3 is 16.0 Å². The van der Waals surface area contributed by atoms with Crippen molar-refractivity contribution in [1.29, 1.82) is 0 Å². The van der Waals surface area contributed by atoms with Gasteiger partial charge in [-0.2, -0.15) is 0 Å². The number of hydrogen-bond donors (Lipinski definition) is 4. The first-order valence-corrected chi connectivity index (χ1v) is 6.33. The summed E-state index contributed by atoms with van der Waals surface area (Å²) in [6, 6.07) is 0.472. The number of fused-ring (bicyclic) bond motifs is 1. The second-order valence-electron chi connectivity index (χ2n) is 4.84. The molecule has 6 nitrogen and oxygen atoms in total. The molecule has 1 aliphatic heterocycles. The van der Waals surface area contributed by atoms with Gasteiger partial charge in [-0.05, 0) is 31.4 Å². The summed E-state index contributed by atoms with van der Waals surface area (Å²) in [6.45, 7) is 1.07. The van der Waals surface area contributed by atoms with Crippen LogP contribution in [0.2, 0.25) is 0 Å². The quantitative estimate of drug-likeness (QED) is 0.621. The van der Waals surface area contributed by atoms with Crippen LogP contribution in [0.3, 0.4) is 0 Å². The van der Waals surface area contributed by atoms with Crippen molar-refractivity contribution in [3.63, 3.8) is 0 Å². The molecular weight excluding hydrogens is 230 g/mol. The molecule has 18 heavy (non-hydrogen) atoms. The van der Waals surface area contributed by atoms with Crippen LogP contribution in [0, 0.1) is 0 Å². The van der Waals surface area contributed by atoms with E-state index in [9.17, 15) is 4.79 Å². The number of nitrogens with one attached hydrogen (secondary N) is 3. The Morgan fingerprint density at radius 2 is 2.33 bits per heavy atom. The van der Waals surface area contributed by atoms with Crippen molar-refractivity contribution in [3.8, 4) is 0 Å². The lowest BCUT2D eigenvalue weighted by molar-refractivity contribution is 0.400. The van der Waals surface area contributed by atoms with Gasteiger partial charge in [-0.1, -0.05) is 6.42 Å². The molecule has 3 rings (SSSR count). The summed E-state index contributed by atoms with van der Waals surface area (Å²) in [5.41, 5.74) is 7.65. The number of nitrogens with two attached hydrogens (primary N) is 1. The molecule has 0 bridgehead atoms. The van der Waals surface area contributed by atoms with E-state index in [1.54, 1.807) is 0 Å². The lowest BCUT2D eigenvalue weighted by Gasteiger charge is -2.22. The summed E-state index contributed by atoms with van der Waals surface area (Å²) >= 11 is 0. The van der Waals surface area contributed by atoms with Crippen LogP contribution in [0.4, 0.5) is 5.95 Å². The number of aromatic nitrogens is 3. The lowest BCUT2D eigenvalue weighted by atomic mass is 9.99. The predicted octanol–water partition coefficient (Wildman–Crippen LogP) is 0.518. The summed E-state index contributed by atoms with van der Waals surface area (Å²) in [6.07, 6.45) is 6.43. The number of aromatic amines is 2. The molecule has 5 N–H and O–H groups in total. The molecule has 2 aromatic heterocycles. The van der Waals surface area contributed by atoms with Gasteiger partial charge in [-0.3, -0.25) is 9.78 Å². The Hall–Kier alpha value is -1.82. The lowest BCUT2D eigenvalue weighted by Crippen LogP contribution is -2.35. The van der Waals surface area contributed by atoms with E-state index < -0.39 is 0 Å². The zero-order valence-corrected chi connectivity index (χ0v) is 10.1. The van der Waals surface area contributed by atoms with E-state index >= 15 is 0 Å². The Balaban J connectivity index is 1.94. The van der Waals surface area contributed by atoms with E-state index in [2.05, 4.69) is 20.3 Å². The number of nitrogen functional groups attached to an aromatic ring is 1. The molecule has 1 saturated heterocycles. The average molecular weight is 247 g/mol. The molecular formula is C12H17N5O. The first-order chi connectivity index (χ1) is 8.74. The number of rotatable bonds is 2. The molecule has 1 unspecified atom stereocenters. The third-order valence-corrected chi connectivity index (χ3v) is 3.51. The van der Waals surface area contributed by atoms with E-state index in [1.165, 1.54) is 19.3 Å². The smallest absolute Gasteiger partial charge is 0.276 e. The van der Waals surface area contributed by atoms with Crippen LogP contribution >= 0.6 is 0 Å². The average Bonchev–Trinajstić information content (AvgIpc) is 2.74. The van der Waals surface area contributed by atoms with Crippen molar-refractivity contribution in [2.24, 2.45) is 0 Å². The molecule has 0 aromatic carbocycles. The van der Waals surface area contributed by atoms with Crippen molar-refractivity contribution in [3.05, 3.63) is 22.1 Å². The second kappa shape index (κ2) is 4.45. The zero-order chi connectivity index (χ0) is 12.5. The first-order valence-electron chi connectivity index (χ1n) is 6.33.